The van der Waals surface area contributed by atoms with Crippen molar-refractivity contribution < 1.29 is 11.4 Å². The lowest BCUT2D eigenvalue weighted by atomic mass is 10.2. The molecule has 0 atom stereocenters. The topological polar surface area (TPSA) is 53.5 Å². The van der Waals surface area contributed by atoms with Crippen LogP contribution in [0.5, 0.6) is 17.2 Å². The Morgan fingerprint density at radius 3 is 1.55 bits per heavy atom. The SMILES string of the molecule is Cc1ccc2cccc([O][Al]([O]c3ccccc3C)[O]c3cccc4ccc(C)nc34)c2n1. The van der Waals surface area contributed by atoms with Crippen LogP contribution >= 0.6 is 0 Å². The van der Waals surface area contributed by atoms with Gasteiger partial charge in [-0.2, -0.15) is 0 Å². The third-order valence-corrected chi connectivity index (χ3v) is 6.75. The van der Waals surface area contributed by atoms with Crippen LogP contribution in [0.2, 0.25) is 0 Å². The van der Waals surface area contributed by atoms with Gasteiger partial charge in [0.15, 0.2) is 0 Å². The number of hydrogen-bond acceptors (Lipinski definition) is 5. The lowest BCUT2D eigenvalue weighted by Crippen LogP contribution is -2.37. The molecule has 0 aliphatic carbocycles. The predicted molar refractivity (Wildman–Crippen MR) is 132 cm³/mol. The van der Waals surface area contributed by atoms with Crippen molar-refractivity contribution in [3.63, 3.8) is 0 Å². The minimum Gasteiger partial charge on any atom is -0.577 e. The maximum Gasteiger partial charge on any atom is 1.20 e. The number of aryl methyl sites for hydroxylation is 3. The lowest BCUT2D eigenvalue weighted by Gasteiger charge is -2.19. The number of nitrogens with zero attached hydrogens (tertiary/aromatic N) is 2. The van der Waals surface area contributed by atoms with Gasteiger partial charge in [0, 0.05) is 22.2 Å². The second-order valence-corrected chi connectivity index (χ2v) is 9.25. The number of pyridine rings is 2. The van der Waals surface area contributed by atoms with Gasteiger partial charge in [0.05, 0.1) is 5.75 Å². The number of para-hydroxylation sites is 3. The van der Waals surface area contributed by atoms with Crippen LogP contribution in [0.4, 0.5) is 0 Å². The van der Waals surface area contributed by atoms with Gasteiger partial charge in [0.25, 0.3) is 0 Å². The molecule has 5 rings (SSSR count). The highest BCUT2D eigenvalue weighted by molar-refractivity contribution is 6.40. The van der Waals surface area contributed by atoms with E-state index in [1.165, 1.54) is 0 Å². The van der Waals surface area contributed by atoms with E-state index < -0.39 is 15.1 Å². The first-order valence-electron chi connectivity index (χ1n) is 10.9. The largest absolute Gasteiger partial charge is 1.20 e. The van der Waals surface area contributed by atoms with Gasteiger partial charge in [-0.05, 0) is 56.7 Å². The molecule has 0 aliphatic rings. The van der Waals surface area contributed by atoms with E-state index in [0.29, 0.717) is 11.5 Å². The molecule has 2 heterocycles. The molecule has 0 saturated heterocycles. The summed E-state index contributed by atoms with van der Waals surface area (Å²) < 4.78 is 19.2. The Bertz CT molecular complexity index is 1370. The molecule has 0 unspecified atom stereocenters. The molecule has 33 heavy (non-hydrogen) atoms. The third-order valence-electron chi connectivity index (χ3n) is 5.41. The molecule has 0 radical (unpaired) electrons. The van der Waals surface area contributed by atoms with Gasteiger partial charge in [0.1, 0.15) is 22.5 Å². The van der Waals surface area contributed by atoms with Gasteiger partial charge in [-0.3, -0.25) is 0 Å². The second kappa shape index (κ2) is 9.11. The van der Waals surface area contributed by atoms with Crippen LogP contribution in [0.15, 0.2) is 84.9 Å². The number of benzene rings is 3. The fourth-order valence-corrected chi connectivity index (χ4v) is 5.11. The zero-order valence-corrected chi connectivity index (χ0v) is 19.9. The van der Waals surface area contributed by atoms with E-state index in [4.69, 9.17) is 21.3 Å². The average molecular weight is 450 g/mol. The van der Waals surface area contributed by atoms with E-state index in [1.807, 2.05) is 106 Å². The summed E-state index contributed by atoms with van der Waals surface area (Å²) in [6.45, 7) is 5.94. The summed E-state index contributed by atoms with van der Waals surface area (Å²) in [5.74, 6) is 2.03. The monoisotopic (exact) mass is 450 g/mol. The average Bonchev–Trinajstić information content (AvgIpc) is 2.81. The van der Waals surface area contributed by atoms with Crippen LogP contribution in [0, 0.1) is 20.8 Å². The van der Waals surface area contributed by atoms with Gasteiger partial charge in [-0.15, -0.1) is 0 Å². The van der Waals surface area contributed by atoms with Crippen molar-refractivity contribution in [1.82, 2.24) is 9.97 Å². The van der Waals surface area contributed by atoms with Gasteiger partial charge >= 0.3 is 15.1 Å². The Labute approximate surface area is 198 Å². The Kier molecular flexibility index (Phi) is 5.87. The molecule has 0 bridgehead atoms. The first-order valence-corrected chi connectivity index (χ1v) is 12.3. The molecule has 162 valence electrons. The predicted octanol–water partition coefficient (Wildman–Crippen LogP) is 6.23. The molecule has 5 nitrogen and oxygen atoms in total. The number of fused-ring (bicyclic) bond motifs is 2. The van der Waals surface area contributed by atoms with Crippen molar-refractivity contribution in [2.75, 3.05) is 0 Å². The molecule has 0 fully saturated rings. The molecule has 6 heteroatoms. The molecule has 3 aromatic carbocycles. The summed E-state index contributed by atoms with van der Waals surface area (Å²) in [5, 5.41) is 2.01. The number of hydrogen-bond donors (Lipinski definition) is 0. The molecular formula is C27H23AlN2O3. The minimum absolute atomic E-state index is 0.644. The highest BCUT2D eigenvalue weighted by Gasteiger charge is 2.45. The van der Waals surface area contributed by atoms with E-state index >= 15 is 0 Å². The zero-order valence-electron chi connectivity index (χ0n) is 18.8. The van der Waals surface area contributed by atoms with Crippen molar-refractivity contribution in [2.24, 2.45) is 0 Å². The van der Waals surface area contributed by atoms with Crippen molar-refractivity contribution in [3.8, 4) is 17.2 Å². The van der Waals surface area contributed by atoms with E-state index in [-0.39, 0.29) is 0 Å². The van der Waals surface area contributed by atoms with Gasteiger partial charge < -0.3 is 11.4 Å². The zero-order chi connectivity index (χ0) is 22.8. The maximum absolute atomic E-state index is 6.43. The summed E-state index contributed by atoms with van der Waals surface area (Å²) >= 11 is -2.77. The van der Waals surface area contributed by atoms with Gasteiger partial charge in [0.2, 0.25) is 0 Å². The van der Waals surface area contributed by atoms with E-state index in [1.54, 1.807) is 0 Å². The van der Waals surface area contributed by atoms with Crippen LogP contribution in [-0.2, 0) is 0 Å². The molecule has 0 N–H and O–H groups in total. The fourth-order valence-electron chi connectivity index (χ4n) is 3.70. The van der Waals surface area contributed by atoms with Crippen LogP contribution in [0.1, 0.15) is 17.0 Å². The highest BCUT2D eigenvalue weighted by Crippen LogP contribution is 2.29. The molecule has 2 aromatic heterocycles. The highest BCUT2D eigenvalue weighted by atomic mass is 27.3. The summed E-state index contributed by atoms with van der Waals surface area (Å²) in [5.41, 5.74) is 4.44. The first-order chi connectivity index (χ1) is 16.1. The Morgan fingerprint density at radius 2 is 1.00 bits per heavy atom. The van der Waals surface area contributed by atoms with E-state index in [9.17, 15) is 0 Å². The second-order valence-electron chi connectivity index (χ2n) is 7.97. The summed E-state index contributed by atoms with van der Waals surface area (Å²) in [6.07, 6.45) is 0. The van der Waals surface area contributed by atoms with E-state index in [2.05, 4.69) is 0 Å². The Balaban J connectivity index is 1.55. The molecule has 0 saturated carbocycles. The maximum atomic E-state index is 6.43. The van der Waals surface area contributed by atoms with Gasteiger partial charge in [-0.1, -0.05) is 54.6 Å². The summed E-state index contributed by atoms with van der Waals surface area (Å²) in [4.78, 5) is 9.39. The van der Waals surface area contributed by atoms with Crippen molar-refractivity contribution in [2.45, 2.75) is 20.8 Å². The van der Waals surface area contributed by atoms with Crippen LogP contribution in [0.25, 0.3) is 21.8 Å². The number of rotatable bonds is 6. The van der Waals surface area contributed by atoms with Crippen molar-refractivity contribution >= 4 is 37.0 Å². The molecule has 0 spiro atoms. The minimum atomic E-state index is -2.77. The lowest BCUT2D eigenvalue weighted by molar-refractivity contribution is 0.309. The van der Waals surface area contributed by atoms with Crippen molar-refractivity contribution in [3.05, 3.63) is 102 Å². The van der Waals surface area contributed by atoms with Gasteiger partial charge in [-0.25, -0.2) is 9.97 Å². The quantitative estimate of drug-likeness (QED) is 0.287. The summed E-state index contributed by atoms with van der Waals surface area (Å²) in [6, 6.07) is 27.7. The Hall–Kier alpha value is -3.59. The standard InChI is InChI=1S/2C10H9NO.C7H8O.Al/c2*1-7-5-6-8-3-2-4-9(12)10(8)11-7;1-6-4-2-3-5-7(6)8;/h2*2-6,12H,1H3;2-5,8H,1H3;/q;;;+3/p-3. The number of aromatic nitrogens is 2. The molecular weight excluding hydrogens is 427 g/mol. The summed E-state index contributed by atoms with van der Waals surface area (Å²) in [7, 11) is 0. The Morgan fingerprint density at radius 1 is 0.515 bits per heavy atom. The molecule has 0 amide bonds. The first kappa shape index (κ1) is 21.3. The van der Waals surface area contributed by atoms with Crippen molar-refractivity contribution in [1.29, 1.82) is 0 Å². The molecule has 0 aliphatic heterocycles. The fraction of sp³-hybridized carbons (Fsp3) is 0.111. The van der Waals surface area contributed by atoms with Crippen LogP contribution in [-0.4, -0.2) is 25.1 Å². The third kappa shape index (κ3) is 4.63. The molecule has 5 aromatic rings. The van der Waals surface area contributed by atoms with Crippen LogP contribution < -0.4 is 11.4 Å². The van der Waals surface area contributed by atoms with E-state index in [0.717, 1.165) is 44.5 Å². The smallest absolute Gasteiger partial charge is 0.577 e. The normalized spacial score (nSPS) is 10.9. The van der Waals surface area contributed by atoms with Crippen LogP contribution in [0.3, 0.4) is 0 Å².